The van der Waals surface area contributed by atoms with Crippen LogP contribution in [0.5, 0.6) is 5.75 Å². The van der Waals surface area contributed by atoms with Crippen molar-refractivity contribution < 1.29 is 5.11 Å². The van der Waals surface area contributed by atoms with Crippen LogP contribution >= 0.6 is 0 Å². The Bertz CT molecular complexity index is 436. The number of benzene rings is 1. The zero-order chi connectivity index (χ0) is 14.8. The lowest BCUT2D eigenvalue weighted by Crippen LogP contribution is -2.19. The van der Waals surface area contributed by atoms with E-state index in [2.05, 4.69) is 65.9 Å². The molecule has 0 amide bonds. The van der Waals surface area contributed by atoms with E-state index < -0.39 is 0 Å². The molecule has 1 rings (SSSR count). The molecule has 0 aromatic heterocycles. The van der Waals surface area contributed by atoms with Crippen molar-refractivity contribution in [3.05, 3.63) is 28.8 Å². The quantitative estimate of drug-likeness (QED) is 0.860. The fourth-order valence-corrected chi connectivity index (χ4v) is 2.09. The van der Waals surface area contributed by atoms with E-state index in [-0.39, 0.29) is 10.8 Å². The molecule has 19 heavy (non-hydrogen) atoms. The van der Waals surface area contributed by atoms with Crippen LogP contribution in [-0.2, 0) is 17.4 Å². The number of hydrogen-bond donors (Lipinski definition) is 2. The summed E-state index contributed by atoms with van der Waals surface area (Å²) in [5.74, 6) is 0.446. The summed E-state index contributed by atoms with van der Waals surface area (Å²) >= 11 is 0. The lowest BCUT2D eigenvalue weighted by Gasteiger charge is -2.27. The fraction of sp³-hybridized carbons (Fsp3) is 0.647. The molecule has 0 atom stereocenters. The predicted octanol–water partition coefficient (Wildman–Crippen LogP) is 4.10. The molecule has 0 saturated carbocycles. The molecule has 0 saturated heterocycles. The third-order valence-electron chi connectivity index (χ3n) is 3.43. The second-order valence-electron chi connectivity index (χ2n) is 7.31. The SMILES string of the molecule is CCNCc1cc(C(C)(C)C)cc(C(C)(C)C)c1O. The van der Waals surface area contributed by atoms with Gasteiger partial charge in [-0.05, 0) is 28.5 Å². The van der Waals surface area contributed by atoms with Crippen LogP contribution in [-0.4, -0.2) is 11.7 Å². The summed E-state index contributed by atoms with van der Waals surface area (Å²) in [4.78, 5) is 0. The van der Waals surface area contributed by atoms with Gasteiger partial charge in [0.2, 0.25) is 0 Å². The highest BCUT2D eigenvalue weighted by molar-refractivity contribution is 5.48. The minimum atomic E-state index is -0.0493. The first kappa shape index (κ1) is 16.0. The van der Waals surface area contributed by atoms with E-state index in [1.54, 1.807) is 0 Å². The van der Waals surface area contributed by atoms with Crippen LogP contribution in [0.1, 0.15) is 65.2 Å². The standard InChI is InChI=1S/C17H29NO/c1-8-18-11-12-9-13(16(2,3)4)10-14(15(12)19)17(5,6)7/h9-10,18-19H,8,11H2,1-7H3. The maximum atomic E-state index is 10.5. The summed E-state index contributed by atoms with van der Waals surface area (Å²) in [5, 5.41) is 13.8. The molecule has 0 aliphatic carbocycles. The molecule has 0 bridgehead atoms. The van der Waals surface area contributed by atoms with Gasteiger partial charge in [-0.3, -0.25) is 0 Å². The van der Waals surface area contributed by atoms with Gasteiger partial charge in [-0.1, -0.05) is 60.6 Å². The molecule has 0 unspecified atom stereocenters. The van der Waals surface area contributed by atoms with Crippen molar-refractivity contribution in [3.63, 3.8) is 0 Å². The topological polar surface area (TPSA) is 32.3 Å². The first-order valence-corrected chi connectivity index (χ1v) is 7.15. The van der Waals surface area contributed by atoms with E-state index in [9.17, 15) is 5.11 Å². The van der Waals surface area contributed by atoms with Crippen LogP contribution in [0.25, 0.3) is 0 Å². The number of nitrogens with one attached hydrogen (secondary N) is 1. The van der Waals surface area contributed by atoms with Gasteiger partial charge in [-0.2, -0.15) is 0 Å². The van der Waals surface area contributed by atoms with Crippen molar-refractivity contribution in [2.24, 2.45) is 0 Å². The molecule has 108 valence electrons. The summed E-state index contributed by atoms with van der Waals surface area (Å²) in [6.45, 7) is 16.8. The highest BCUT2D eigenvalue weighted by Gasteiger charge is 2.24. The summed E-state index contributed by atoms with van der Waals surface area (Å²) in [6.07, 6.45) is 0. The normalized spacial score (nSPS) is 12.8. The Kier molecular flexibility index (Phi) is 4.67. The van der Waals surface area contributed by atoms with Crippen LogP contribution in [0.15, 0.2) is 12.1 Å². The van der Waals surface area contributed by atoms with Gasteiger partial charge in [0, 0.05) is 12.1 Å². The lowest BCUT2D eigenvalue weighted by molar-refractivity contribution is 0.435. The second kappa shape index (κ2) is 5.54. The third kappa shape index (κ3) is 3.97. The van der Waals surface area contributed by atoms with Gasteiger partial charge in [0.1, 0.15) is 5.75 Å². The molecule has 2 N–H and O–H groups in total. The minimum Gasteiger partial charge on any atom is -0.507 e. The van der Waals surface area contributed by atoms with E-state index >= 15 is 0 Å². The lowest BCUT2D eigenvalue weighted by atomic mass is 9.79. The summed E-state index contributed by atoms with van der Waals surface area (Å²) in [7, 11) is 0. The Morgan fingerprint density at radius 2 is 1.58 bits per heavy atom. The van der Waals surface area contributed by atoms with Crippen molar-refractivity contribution in [2.45, 2.75) is 65.8 Å². The Morgan fingerprint density at radius 1 is 1.00 bits per heavy atom. The molecule has 0 radical (unpaired) electrons. The van der Waals surface area contributed by atoms with Gasteiger partial charge in [-0.25, -0.2) is 0 Å². The van der Waals surface area contributed by atoms with Crippen LogP contribution in [0, 0.1) is 0 Å². The van der Waals surface area contributed by atoms with Crippen molar-refractivity contribution >= 4 is 0 Å². The van der Waals surface area contributed by atoms with E-state index in [0.29, 0.717) is 5.75 Å². The fourth-order valence-electron chi connectivity index (χ4n) is 2.09. The highest BCUT2D eigenvalue weighted by Crippen LogP contribution is 2.37. The average Bonchev–Trinajstić information content (AvgIpc) is 2.24. The first-order chi connectivity index (χ1) is 8.57. The molecule has 1 aromatic carbocycles. The molecule has 0 fully saturated rings. The zero-order valence-electron chi connectivity index (χ0n) is 13.5. The zero-order valence-corrected chi connectivity index (χ0v) is 13.5. The van der Waals surface area contributed by atoms with Crippen LogP contribution in [0.4, 0.5) is 0 Å². The maximum absolute atomic E-state index is 10.5. The predicted molar refractivity (Wildman–Crippen MR) is 82.9 cm³/mol. The number of rotatable bonds is 3. The van der Waals surface area contributed by atoms with Gasteiger partial charge in [0.15, 0.2) is 0 Å². The van der Waals surface area contributed by atoms with E-state index in [4.69, 9.17) is 0 Å². The van der Waals surface area contributed by atoms with Gasteiger partial charge in [-0.15, -0.1) is 0 Å². The molecule has 0 aliphatic rings. The molecular weight excluding hydrogens is 234 g/mol. The summed E-state index contributed by atoms with van der Waals surface area (Å²) < 4.78 is 0. The number of phenols is 1. The molecule has 0 heterocycles. The van der Waals surface area contributed by atoms with Crippen molar-refractivity contribution in [1.82, 2.24) is 5.32 Å². The molecule has 2 nitrogen and oxygen atoms in total. The molecular formula is C17H29NO. The molecule has 2 heteroatoms. The van der Waals surface area contributed by atoms with E-state index in [1.165, 1.54) is 5.56 Å². The van der Waals surface area contributed by atoms with Crippen LogP contribution < -0.4 is 5.32 Å². The first-order valence-electron chi connectivity index (χ1n) is 7.15. The smallest absolute Gasteiger partial charge is 0.123 e. The van der Waals surface area contributed by atoms with Gasteiger partial charge < -0.3 is 10.4 Å². The number of hydrogen-bond acceptors (Lipinski definition) is 2. The van der Waals surface area contributed by atoms with Crippen LogP contribution in [0.2, 0.25) is 0 Å². The Labute approximate surface area is 118 Å². The van der Waals surface area contributed by atoms with Gasteiger partial charge in [0.25, 0.3) is 0 Å². The Morgan fingerprint density at radius 3 is 2.00 bits per heavy atom. The summed E-state index contributed by atoms with van der Waals surface area (Å²) in [5.41, 5.74) is 3.36. The number of phenolic OH excluding ortho intramolecular Hbond substituents is 1. The number of aromatic hydroxyl groups is 1. The highest BCUT2D eigenvalue weighted by atomic mass is 16.3. The Balaban J connectivity index is 3.39. The largest absolute Gasteiger partial charge is 0.507 e. The van der Waals surface area contributed by atoms with E-state index in [1.807, 2.05) is 0 Å². The van der Waals surface area contributed by atoms with Gasteiger partial charge >= 0.3 is 0 Å². The molecule has 0 aliphatic heterocycles. The summed E-state index contributed by atoms with van der Waals surface area (Å²) in [6, 6.07) is 4.29. The average molecular weight is 263 g/mol. The van der Waals surface area contributed by atoms with Crippen molar-refractivity contribution in [3.8, 4) is 5.75 Å². The maximum Gasteiger partial charge on any atom is 0.123 e. The van der Waals surface area contributed by atoms with Gasteiger partial charge in [0.05, 0.1) is 0 Å². The second-order valence-corrected chi connectivity index (χ2v) is 7.31. The van der Waals surface area contributed by atoms with Crippen molar-refractivity contribution in [1.29, 1.82) is 0 Å². The monoisotopic (exact) mass is 263 g/mol. The van der Waals surface area contributed by atoms with Crippen LogP contribution in [0.3, 0.4) is 0 Å². The van der Waals surface area contributed by atoms with Crippen molar-refractivity contribution in [2.75, 3.05) is 6.54 Å². The Hall–Kier alpha value is -1.02. The minimum absolute atomic E-state index is 0.0493. The molecule has 0 spiro atoms. The third-order valence-corrected chi connectivity index (χ3v) is 3.43. The van der Waals surface area contributed by atoms with E-state index in [0.717, 1.165) is 24.2 Å². The molecule has 1 aromatic rings.